The van der Waals surface area contributed by atoms with Gasteiger partial charge >= 0.3 is 7.12 Å². The summed E-state index contributed by atoms with van der Waals surface area (Å²) in [5.41, 5.74) is -7.29. The van der Waals surface area contributed by atoms with E-state index in [9.17, 15) is 66.5 Å². The first-order valence-electron chi connectivity index (χ1n) is 8.38. The van der Waals surface area contributed by atoms with E-state index in [-0.39, 0.29) is 0 Å². The van der Waals surface area contributed by atoms with Crippen LogP contribution < -0.4 is 10.1 Å². The molecule has 0 saturated heterocycles. The summed E-state index contributed by atoms with van der Waals surface area (Å²) in [6.45, 7) is 0. The summed E-state index contributed by atoms with van der Waals surface area (Å²) in [6, 6.07) is 0. The number of rotatable bonds is 4. The minimum Gasteiger partial charge on any atom is -0.530 e. The minimum absolute atomic E-state index is 2.34. The summed E-state index contributed by atoms with van der Waals surface area (Å²) < 4.78 is 196. The van der Waals surface area contributed by atoms with Gasteiger partial charge in [-0.15, -0.1) is 0 Å². The molecular weight excluding hydrogens is 525 g/mol. The monoisotopic (exact) mass is 526 g/mol. The maximum Gasteiger partial charge on any atom is 0.566 e. The molecule has 0 aliphatic rings. The second-order valence-corrected chi connectivity index (χ2v) is 6.36. The van der Waals surface area contributed by atoms with Crippen LogP contribution in [-0.4, -0.2) is 12.1 Å². The molecule has 0 aromatic heterocycles. The van der Waals surface area contributed by atoms with E-state index in [4.69, 9.17) is 0 Å². The molecule has 0 bridgehead atoms. The molecule has 0 unspecified atom stereocenters. The van der Waals surface area contributed by atoms with Crippen molar-refractivity contribution in [2.24, 2.45) is 0 Å². The molecule has 0 radical (unpaired) electrons. The fourth-order valence-corrected chi connectivity index (χ4v) is 2.78. The molecule has 186 valence electrons. The predicted molar refractivity (Wildman–Crippen MR) is 86.0 cm³/mol. The largest absolute Gasteiger partial charge is 0.566 e. The molecule has 0 spiro atoms. The smallest absolute Gasteiger partial charge is 0.530 e. The van der Waals surface area contributed by atoms with Crippen LogP contribution >= 0.6 is 0 Å². The first-order chi connectivity index (χ1) is 16.1. The van der Waals surface area contributed by atoms with Crippen molar-refractivity contribution < 1.29 is 71.1 Å². The molecule has 2 nitrogen and oxygen atoms in total. The molecule has 0 fully saturated rings. The van der Waals surface area contributed by atoms with Gasteiger partial charge in [0.2, 0.25) is 17.5 Å². The first-order valence-corrected chi connectivity index (χ1v) is 8.38. The summed E-state index contributed by atoms with van der Waals surface area (Å²) in [4.78, 5) is 0. The number of hydrogen-bond donors (Lipinski definition) is 1. The summed E-state index contributed by atoms with van der Waals surface area (Å²) in [6.07, 6.45) is 0. The Hall–Kier alpha value is -3.50. The molecule has 3 rings (SSSR count). The van der Waals surface area contributed by atoms with Crippen LogP contribution in [0.1, 0.15) is 0 Å². The standard InChI is InChI=1S/C18HBF14O2/c20-4-1(5(21)10(26)14(30)9(4)25)2-6(22)11(27)16(32)17(33)18(2)35-19(34)3-7(23)12(28)15(31)13(29)8(3)24/h34H. The molecule has 1 N–H and O–H groups in total. The maximum atomic E-state index is 14.4. The number of hydrogen-bond acceptors (Lipinski definition) is 2. The van der Waals surface area contributed by atoms with Crippen molar-refractivity contribution >= 4 is 12.6 Å². The van der Waals surface area contributed by atoms with Gasteiger partial charge in [0.1, 0.15) is 0 Å². The van der Waals surface area contributed by atoms with Crippen molar-refractivity contribution in [3.05, 3.63) is 81.4 Å². The molecule has 0 aliphatic carbocycles. The van der Waals surface area contributed by atoms with E-state index in [0.29, 0.717) is 0 Å². The third kappa shape index (κ3) is 3.82. The number of benzene rings is 3. The zero-order valence-corrected chi connectivity index (χ0v) is 15.7. The third-order valence-electron chi connectivity index (χ3n) is 4.40. The third-order valence-corrected chi connectivity index (χ3v) is 4.40. The Morgan fingerprint density at radius 2 is 0.657 bits per heavy atom. The fraction of sp³-hybridized carbons (Fsp3) is 0. The van der Waals surface area contributed by atoms with Crippen molar-refractivity contribution in [2.75, 3.05) is 0 Å². The molecule has 3 aromatic carbocycles. The average Bonchev–Trinajstić information content (AvgIpc) is 2.82. The predicted octanol–water partition coefficient (Wildman–Crippen LogP) is 5.07. The van der Waals surface area contributed by atoms with Gasteiger partial charge in [-0.25, -0.2) is 57.1 Å². The summed E-state index contributed by atoms with van der Waals surface area (Å²) in [5.74, 6) is -42.3. The van der Waals surface area contributed by atoms with Gasteiger partial charge in [-0.05, 0) is 0 Å². The van der Waals surface area contributed by atoms with Crippen LogP contribution in [0.3, 0.4) is 0 Å². The van der Waals surface area contributed by atoms with E-state index in [0.717, 1.165) is 0 Å². The Bertz CT molecular complexity index is 1340. The Labute approximate surface area is 183 Å². The van der Waals surface area contributed by atoms with E-state index < -0.39 is 111 Å². The summed E-state index contributed by atoms with van der Waals surface area (Å²) in [5, 5.41) is 9.76. The lowest BCUT2D eigenvalue weighted by atomic mass is 9.78. The van der Waals surface area contributed by atoms with Gasteiger partial charge in [0.25, 0.3) is 0 Å². The quantitative estimate of drug-likeness (QED) is 0.223. The fourth-order valence-electron chi connectivity index (χ4n) is 2.78. The van der Waals surface area contributed by atoms with Gasteiger partial charge in [0.15, 0.2) is 69.7 Å². The molecule has 17 heteroatoms. The van der Waals surface area contributed by atoms with Crippen LogP contribution in [0.5, 0.6) is 5.75 Å². The average molecular weight is 526 g/mol. The van der Waals surface area contributed by atoms with Gasteiger partial charge in [-0.3, -0.25) is 0 Å². The van der Waals surface area contributed by atoms with E-state index in [1.54, 1.807) is 0 Å². The lowest BCUT2D eigenvalue weighted by Crippen LogP contribution is -2.43. The second-order valence-electron chi connectivity index (χ2n) is 6.36. The van der Waals surface area contributed by atoms with Crippen LogP contribution in [0.25, 0.3) is 11.1 Å². The van der Waals surface area contributed by atoms with E-state index in [1.807, 2.05) is 0 Å². The highest BCUT2D eigenvalue weighted by molar-refractivity contribution is 6.61. The highest BCUT2D eigenvalue weighted by Crippen LogP contribution is 2.42. The van der Waals surface area contributed by atoms with Crippen LogP contribution in [-0.2, 0) is 0 Å². The van der Waals surface area contributed by atoms with E-state index >= 15 is 0 Å². The molecule has 35 heavy (non-hydrogen) atoms. The lowest BCUT2D eigenvalue weighted by molar-refractivity contribution is 0.357. The van der Waals surface area contributed by atoms with Crippen LogP contribution in [0.2, 0.25) is 0 Å². The van der Waals surface area contributed by atoms with Crippen molar-refractivity contribution in [3.63, 3.8) is 0 Å². The van der Waals surface area contributed by atoms with Crippen molar-refractivity contribution in [2.45, 2.75) is 0 Å². The molecular formula is C18HBF14O2. The van der Waals surface area contributed by atoms with E-state index in [1.165, 1.54) is 0 Å². The topological polar surface area (TPSA) is 29.5 Å². The molecule has 0 saturated carbocycles. The normalized spacial score (nSPS) is 11.3. The van der Waals surface area contributed by atoms with Crippen molar-refractivity contribution in [3.8, 4) is 16.9 Å². The van der Waals surface area contributed by atoms with Crippen molar-refractivity contribution in [1.29, 1.82) is 0 Å². The summed E-state index contributed by atoms with van der Waals surface area (Å²) >= 11 is 0. The lowest BCUT2D eigenvalue weighted by Gasteiger charge is -2.19. The minimum atomic E-state index is -3.64. The van der Waals surface area contributed by atoms with Gasteiger partial charge in [0.05, 0.1) is 16.6 Å². The Balaban J connectivity index is 2.37. The van der Waals surface area contributed by atoms with E-state index in [2.05, 4.69) is 4.65 Å². The zero-order chi connectivity index (χ0) is 26.7. The highest BCUT2D eigenvalue weighted by atomic mass is 19.2. The second kappa shape index (κ2) is 8.94. The van der Waals surface area contributed by atoms with Gasteiger partial charge in [0, 0.05) is 0 Å². The molecule has 0 heterocycles. The SMILES string of the molecule is OB(Oc1c(F)c(F)c(F)c(F)c1-c1c(F)c(F)c(F)c(F)c1F)c1c(F)c(F)c(F)c(F)c1F. The van der Waals surface area contributed by atoms with Crippen LogP contribution in [0.4, 0.5) is 61.5 Å². The number of halogens is 14. The molecule has 0 amide bonds. The maximum absolute atomic E-state index is 14.4. The molecule has 3 aromatic rings. The van der Waals surface area contributed by atoms with Gasteiger partial charge in [-0.2, -0.15) is 4.39 Å². The Morgan fingerprint density at radius 1 is 0.371 bits per heavy atom. The first kappa shape index (κ1) is 26.1. The van der Waals surface area contributed by atoms with Crippen molar-refractivity contribution in [1.82, 2.24) is 0 Å². The Kier molecular flexibility index (Phi) is 6.67. The molecule has 0 aliphatic heterocycles. The summed E-state index contributed by atoms with van der Waals surface area (Å²) in [7, 11) is -3.64. The van der Waals surface area contributed by atoms with Gasteiger partial charge < -0.3 is 9.68 Å². The highest BCUT2D eigenvalue weighted by Gasteiger charge is 2.40. The van der Waals surface area contributed by atoms with Crippen LogP contribution in [0.15, 0.2) is 0 Å². The van der Waals surface area contributed by atoms with Gasteiger partial charge in [-0.1, -0.05) is 0 Å². The van der Waals surface area contributed by atoms with Crippen LogP contribution in [0, 0.1) is 81.4 Å². The Morgan fingerprint density at radius 3 is 1.06 bits per heavy atom. The molecule has 0 atom stereocenters. The zero-order valence-electron chi connectivity index (χ0n) is 15.7.